The van der Waals surface area contributed by atoms with Gasteiger partial charge in [-0.15, -0.1) is 0 Å². The second kappa shape index (κ2) is 4.86. The molecule has 0 saturated carbocycles. The first-order valence-corrected chi connectivity index (χ1v) is 6.46. The van der Waals surface area contributed by atoms with E-state index in [0.717, 1.165) is 22.9 Å². The number of nitrogens with zero attached hydrogens (tertiary/aromatic N) is 1. The third-order valence-corrected chi connectivity index (χ3v) is 3.93. The van der Waals surface area contributed by atoms with Gasteiger partial charge in [0.05, 0.1) is 4.91 Å². The van der Waals surface area contributed by atoms with Crippen LogP contribution in [0.2, 0.25) is 0 Å². The van der Waals surface area contributed by atoms with Crippen molar-refractivity contribution >= 4 is 34.2 Å². The first-order chi connectivity index (χ1) is 8.54. The van der Waals surface area contributed by atoms with Crippen molar-refractivity contribution in [3.8, 4) is 0 Å². The van der Waals surface area contributed by atoms with Gasteiger partial charge < -0.3 is 5.73 Å². The summed E-state index contributed by atoms with van der Waals surface area (Å²) in [6, 6.07) is 7.26. The quantitative estimate of drug-likeness (QED) is 0.657. The van der Waals surface area contributed by atoms with E-state index in [2.05, 4.69) is 0 Å². The minimum Gasteiger partial charge on any atom is -0.399 e. The number of nitrogen functional groups attached to an aromatic ring is 1. The smallest absolute Gasteiger partial charge is 0.293 e. The van der Waals surface area contributed by atoms with Crippen LogP contribution in [-0.4, -0.2) is 22.6 Å². The van der Waals surface area contributed by atoms with Gasteiger partial charge in [-0.3, -0.25) is 14.5 Å². The molecule has 1 aliphatic heterocycles. The molecular formula is C13H14N2O2S. The number of hydrogen-bond donors (Lipinski definition) is 1. The van der Waals surface area contributed by atoms with Crippen molar-refractivity contribution in [1.82, 2.24) is 4.90 Å². The van der Waals surface area contributed by atoms with Crippen LogP contribution in [0.25, 0.3) is 5.57 Å². The number of carbonyl (C=O) groups excluding carboxylic acids is 2. The molecule has 18 heavy (non-hydrogen) atoms. The summed E-state index contributed by atoms with van der Waals surface area (Å²) in [6.45, 7) is 4.04. The molecule has 94 valence electrons. The number of carbonyl (C=O) groups is 2. The molecule has 1 aromatic rings. The van der Waals surface area contributed by atoms with Crippen molar-refractivity contribution in [2.24, 2.45) is 0 Å². The third kappa shape index (κ3) is 2.13. The number of benzene rings is 1. The monoisotopic (exact) mass is 262 g/mol. The summed E-state index contributed by atoms with van der Waals surface area (Å²) in [6.07, 6.45) is 0. The number of rotatable bonds is 2. The lowest BCUT2D eigenvalue weighted by Crippen LogP contribution is -2.27. The van der Waals surface area contributed by atoms with Crippen LogP contribution in [0.5, 0.6) is 0 Å². The lowest BCUT2D eigenvalue weighted by molar-refractivity contribution is -0.122. The van der Waals surface area contributed by atoms with Crippen molar-refractivity contribution in [2.75, 3.05) is 12.3 Å². The summed E-state index contributed by atoms with van der Waals surface area (Å²) in [4.78, 5) is 25.4. The van der Waals surface area contributed by atoms with Gasteiger partial charge in [0, 0.05) is 12.2 Å². The maximum atomic E-state index is 12.0. The first-order valence-electron chi connectivity index (χ1n) is 5.65. The van der Waals surface area contributed by atoms with Gasteiger partial charge >= 0.3 is 0 Å². The van der Waals surface area contributed by atoms with Crippen LogP contribution in [0.15, 0.2) is 29.2 Å². The van der Waals surface area contributed by atoms with E-state index in [-0.39, 0.29) is 11.1 Å². The second-order valence-corrected chi connectivity index (χ2v) is 4.96. The summed E-state index contributed by atoms with van der Waals surface area (Å²) in [5, 5.41) is -0.202. The molecular weight excluding hydrogens is 248 g/mol. The van der Waals surface area contributed by atoms with Crippen LogP contribution >= 0.6 is 11.8 Å². The predicted molar refractivity (Wildman–Crippen MR) is 73.8 cm³/mol. The normalized spacial score (nSPS) is 18.4. The van der Waals surface area contributed by atoms with E-state index < -0.39 is 0 Å². The average molecular weight is 262 g/mol. The number of amides is 2. The van der Waals surface area contributed by atoms with E-state index in [4.69, 9.17) is 5.73 Å². The Bertz CT molecular complexity index is 534. The van der Waals surface area contributed by atoms with Gasteiger partial charge in [-0.2, -0.15) is 0 Å². The third-order valence-electron chi connectivity index (χ3n) is 2.85. The Kier molecular flexibility index (Phi) is 3.43. The van der Waals surface area contributed by atoms with Crippen molar-refractivity contribution in [3.05, 3.63) is 34.7 Å². The summed E-state index contributed by atoms with van der Waals surface area (Å²) in [5.74, 6) is -0.207. The fourth-order valence-corrected chi connectivity index (χ4v) is 2.73. The van der Waals surface area contributed by atoms with Crippen LogP contribution < -0.4 is 5.73 Å². The standard InChI is InChI=1S/C13H14N2O2S/c1-3-15-12(16)11(18-13(15)17)8(2)9-4-6-10(14)7-5-9/h4-7H,3,14H2,1-2H3/b11-8-. The maximum Gasteiger partial charge on any atom is 0.293 e. The van der Waals surface area contributed by atoms with Crippen LogP contribution in [0.3, 0.4) is 0 Å². The highest BCUT2D eigenvalue weighted by atomic mass is 32.2. The molecule has 0 aromatic heterocycles. The van der Waals surface area contributed by atoms with Gasteiger partial charge in [0.1, 0.15) is 0 Å². The van der Waals surface area contributed by atoms with Crippen LogP contribution in [0.4, 0.5) is 10.5 Å². The molecule has 2 N–H and O–H groups in total. The Hall–Kier alpha value is -1.75. The average Bonchev–Trinajstić information content (AvgIpc) is 2.64. The molecule has 0 spiro atoms. The number of imide groups is 1. The van der Waals surface area contributed by atoms with Crippen molar-refractivity contribution in [2.45, 2.75) is 13.8 Å². The summed E-state index contributed by atoms with van der Waals surface area (Å²) >= 11 is 0.999. The largest absolute Gasteiger partial charge is 0.399 e. The lowest BCUT2D eigenvalue weighted by Gasteiger charge is -2.08. The Balaban J connectivity index is 2.40. The lowest BCUT2D eigenvalue weighted by atomic mass is 10.1. The zero-order valence-electron chi connectivity index (χ0n) is 10.3. The van der Waals surface area contributed by atoms with Gasteiger partial charge in [0.2, 0.25) is 0 Å². The van der Waals surface area contributed by atoms with Gasteiger partial charge in [0.25, 0.3) is 11.1 Å². The Morgan fingerprint density at radius 2 is 1.89 bits per heavy atom. The number of hydrogen-bond acceptors (Lipinski definition) is 4. The molecule has 4 nitrogen and oxygen atoms in total. The molecule has 1 fully saturated rings. The van der Waals surface area contributed by atoms with Crippen LogP contribution in [0, 0.1) is 0 Å². The van der Waals surface area contributed by atoms with E-state index in [9.17, 15) is 9.59 Å². The van der Waals surface area contributed by atoms with Crippen molar-refractivity contribution < 1.29 is 9.59 Å². The Labute approximate surface area is 110 Å². The van der Waals surface area contributed by atoms with Crippen LogP contribution in [0.1, 0.15) is 19.4 Å². The summed E-state index contributed by atoms with van der Waals surface area (Å²) in [7, 11) is 0. The summed E-state index contributed by atoms with van der Waals surface area (Å²) < 4.78 is 0. The highest BCUT2D eigenvalue weighted by Crippen LogP contribution is 2.36. The molecule has 0 radical (unpaired) electrons. The van der Waals surface area contributed by atoms with Crippen molar-refractivity contribution in [1.29, 1.82) is 0 Å². The number of allylic oxidation sites excluding steroid dienone is 1. The van der Waals surface area contributed by atoms with E-state index in [1.165, 1.54) is 4.90 Å². The molecule has 1 aromatic carbocycles. The molecule has 2 rings (SSSR count). The van der Waals surface area contributed by atoms with Gasteiger partial charge in [-0.05, 0) is 48.9 Å². The molecule has 1 heterocycles. The second-order valence-electron chi connectivity index (χ2n) is 3.99. The predicted octanol–water partition coefficient (Wildman–Crippen LogP) is 2.72. The number of thioether (sulfide) groups is 1. The molecule has 0 unspecified atom stereocenters. The van der Waals surface area contributed by atoms with E-state index >= 15 is 0 Å². The Morgan fingerprint density at radius 3 is 2.39 bits per heavy atom. The molecule has 5 heteroatoms. The number of anilines is 1. The molecule has 0 atom stereocenters. The molecule has 1 saturated heterocycles. The topological polar surface area (TPSA) is 63.4 Å². The first kappa shape index (κ1) is 12.7. The minimum absolute atomic E-state index is 0.202. The molecule has 1 aliphatic rings. The highest BCUT2D eigenvalue weighted by Gasteiger charge is 2.35. The highest BCUT2D eigenvalue weighted by molar-refractivity contribution is 8.18. The summed E-state index contributed by atoms with van der Waals surface area (Å²) in [5.41, 5.74) is 8.02. The molecule has 0 aliphatic carbocycles. The van der Waals surface area contributed by atoms with Gasteiger partial charge in [0.15, 0.2) is 0 Å². The molecule has 0 bridgehead atoms. The Morgan fingerprint density at radius 1 is 1.28 bits per heavy atom. The number of nitrogens with two attached hydrogens (primary N) is 1. The van der Waals surface area contributed by atoms with E-state index in [1.54, 1.807) is 19.1 Å². The SMILES string of the molecule is CCN1C(=O)S/C(=C(/C)c2ccc(N)cc2)C1=O. The van der Waals surface area contributed by atoms with Crippen LogP contribution in [-0.2, 0) is 4.79 Å². The van der Waals surface area contributed by atoms with Gasteiger partial charge in [-0.1, -0.05) is 12.1 Å². The fourth-order valence-electron chi connectivity index (χ4n) is 1.77. The van der Waals surface area contributed by atoms with Crippen molar-refractivity contribution in [3.63, 3.8) is 0 Å². The minimum atomic E-state index is -0.207. The number of likely N-dealkylation sites (N-methyl/N-ethyl adjacent to an activating group) is 1. The van der Waals surface area contributed by atoms with Gasteiger partial charge in [-0.25, -0.2) is 0 Å². The van der Waals surface area contributed by atoms with E-state index in [1.807, 2.05) is 19.1 Å². The zero-order chi connectivity index (χ0) is 13.3. The van der Waals surface area contributed by atoms with E-state index in [0.29, 0.717) is 17.1 Å². The maximum absolute atomic E-state index is 12.0. The molecule has 2 amide bonds. The zero-order valence-corrected chi connectivity index (χ0v) is 11.1. The fraction of sp³-hybridized carbons (Fsp3) is 0.231.